The van der Waals surface area contributed by atoms with Crippen LogP contribution in [0.15, 0.2) is 53.1 Å². The Labute approximate surface area is 152 Å². The quantitative estimate of drug-likeness (QED) is 0.571. The Morgan fingerprint density at radius 3 is 2.85 bits per heavy atom. The van der Waals surface area contributed by atoms with Gasteiger partial charge in [-0.3, -0.25) is 4.79 Å². The highest BCUT2D eigenvalue weighted by Crippen LogP contribution is 2.29. The second-order valence-corrected chi connectivity index (χ2v) is 5.89. The van der Waals surface area contributed by atoms with Crippen LogP contribution in [0.4, 0.5) is 10.2 Å². The molecular formula is C19H13FN4O3. The highest BCUT2D eigenvalue weighted by Gasteiger charge is 2.16. The molecule has 0 amide bonds. The molecule has 0 atom stereocenters. The number of halogens is 1. The number of carboxylic acid groups (broad SMARTS) is 1. The molecule has 4 aromatic rings. The zero-order valence-corrected chi connectivity index (χ0v) is 13.9. The number of hydrogen-bond donors (Lipinski definition) is 2. The molecule has 8 heteroatoms. The Balaban J connectivity index is 1.78. The first-order valence-corrected chi connectivity index (χ1v) is 8.00. The second-order valence-electron chi connectivity index (χ2n) is 5.89. The average Bonchev–Trinajstić information content (AvgIpc) is 3.04. The predicted octanol–water partition coefficient (Wildman–Crippen LogP) is 3.30. The number of aliphatic carboxylic acids is 1. The fourth-order valence-electron chi connectivity index (χ4n) is 2.71. The van der Waals surface area contributed by atoms with Crippen molar-refractivity contribution in [1.29, 1.82) is 0 Å². The summed E-state index contributed by atoms with van der Waals surface area (Å²) in [7, 11) is 0. The van der Waals surface area contributed by atoms with Crippen molar-refractivity contribution in [3.8, 4) is 22.8 Å². The summed E-state index contributed by atoms with van der Waals surface area (Å²) in [6.45, 7) is 0. The van der Waals surface area contributed by atoms with E-state index in [1.807, 2.05) is 0 Å². The standard InChI is InChI=1S/C19H13FN4O3/c20-12-4-5-13-15(8-12)27-19(24-13)17-18(21)22-9-14(23-17)11-3-1-2-10(6-11)7-16(25)26/h1-6,8-9H,7H2,(H2,21,22)(H,25,26). The summed E-state index contributed by atoms with van der Waals surface area (Å²) in [6.07, 6.45) is 1.39. The molecule has 0 saturated carbocycles. The molecule has 0 unspecified atom stereocenters. The minimum atomic E-state index is -0.921. The Kier molecular flexibility index (Phi) is 4.00. The first-order chi connectivity index (χ1) is 13.0. The van der Waals surface area contributed by atoms with Gasteiger partial charge < -0.3 is 15.3 Å². The van der Waals surface area contributed by atoms with Crippen LogP contribution in [0.1, 0.15) is 5.56 Å². The number of anilines is 1. The molecule has 27 heavy (non-hydrogen) atoms. The third-order valence-corrected chi connectivity index (χ3v) is 3.93. The van der Waals surface area contributed by atoms with Gasteiger partial charge in [-0.2, -0.15) is 0 Å². The number of carbonyl (C=O) groups is 1. The van der Waals surface area contributed by atoms with Gasteiger partial charge in [0.15, 0.2) is 17.1 Å². The van der Waals surface area contributed by atoms with Crippen LogP contribution in [-0.4, -0.2) is 26.0 Å². The lowest BCUT2D eigenvalue weighted by molar-refractivity contribution is -0.136. The maximum absolute atomic E-state index is 13.4. The summed E-state index contributed by atoms with van der Waals surface area (Å²) in [4.78, 5) is 23.8. The topological polar surface area (TPSA) is 115 Å². The SMILES string of the molecule is Nc1ncc(-c2cccc(CC(=O)O)c2)nc1-c1nc2ccc(F)cc2o1. The molecule has 2 aromatic heterocycles. The number of nitrogens with zero attached hydrogens (tertiary/aromatic N) is 3. The Morgan fingerprint density at radius 1 is 1.19 bits per heavy atom. The fraction of sp³-hybridized carbons (Fsp3) is 0.0526. The van der Waals surface area contributed by atoms with Gasteiger partial charge in [-0.1, -0.05) is 18.2 Å². The van der Waals surface area contributed by atoms with Gasteiger partial charge in [0.1, 0.15) is 11.3 Å². The van der Waals surface area contributed by atoms with Gasteiger partial charge in [-0.15, -0.1) is 0 Å². The predicted molar refractivity (Wildman–Crippen MR) is 96.2 cm³/mol. The average molecular weight is 364 g/mol. The zero-order chi connectivity index (χ0) is 19.0. The van der Waals surface area contributed by atoms with E-state index in [1.54, 1.807) is 24.3 Å². The molecule has 0 aliphatic heterocycles. The molecule has 7 nitrogen and oxygen atoms in total. The first-order valence-electron chi connectivity index (χ1n) is 8.00. The van der Waals surface area contributed by atoms with Crippen LogP contribution < -0.4 is 5.73 Å². The van der Waals surface area contributed by atoms with Crippen molar-refractivity contribution in [1.82, 2.24) is 15.0 Å². The summed E-state index contributed by atoms with van der Waals surface area (Å²) in [5, 5.41) is 8.95. The minimum absolute atomic E-state index is 0.0974. The fourth-order valence-corrected chi connectivity index (χ4v) is 2.71. The number of hydrogen-bond acceptors (Lipinski definition) is 6. The summed E-state index contributed by atoms with van der Waals surface area (Å²) >= 11 is 0. The van der Waals surface area contributed by atoms with E-state index in [4.69, 9.17) is 15.3 Å². The highest BCUT2D eigenvalue weighted by molar-refractivity contribution is 5.78. The van der Waals surface area contributed by atoms with Crippen LogP contribution in [0.3, 0.4) is 0 Å². The Bertz CT molecular complexity index is 1170. The van der Waals surface area contributed by atoms with Crippen LogP contribution >= 0.6 is 0 Å². The van der Waals surface area contributed by atoms with E-state index in [-0.39, 0.29) is 29.4 Å². The van der Waals surface area contributed by atoms with Crippen molar-refractivity contribution in [2.75, 3.05) is 5.73 Å². The monoisotopic (exact) mass is 364 g/mol. The van der Waals surface area contributed by atoms with Crippen LogP contribution in [-0.2, 0) is 11.2 Å². The van der Waals surface area contributed by atoms with E-state index in [0.717, 1.165) is 0 Å². The molecule has 4 rings (SSSR count). The number of oxazole rings is 1. The molecule has 134 valence electrons. The minimum Gasteiger partial charge on any atom is -0.481 e. The van der Waals surface area contributed by atoms with Gasteiger partial charge in [-0.05, 0) is 23.8 Å². The lowest BCUT2D eigenvalue weighted by Crippen LogP contribution is -2.01. The van der Waals surface area contributed by atoms with Gasteiger partial charge in [0.05, 0.1) is 18.3 Å². The molecule has 0 fully saturated rings. The maximum atomic E-state index is 13.4. The number of carboxylic acids is 1. The van der Waals surface area contributed by atoms with Crippen molar-refractivity contribution in [2.24, 2.45) is 0 Å². The van der Waals surface area contributed by atoms with Crippen LogP contribution in [0.2, 0.25) is 0 Å². The molecule has 0 radical (unpaired) electrons. The number of nitrogen functional groups attached to an aromatic ring is 1. The number of nitrogens with two attached hydrogens (primary N) is 1. The zero-order valence-electron chi connectivity index (χ0n) is 13.9. The van der Waals surface area contributed by atoms with E-state index in [9.17, 15) is 9.18 Å². The van der Waals surface area contributed by atoms with Gasteiger partial charge >= 0.3 is 5.97 Å². The normalized spacial score (nSPS) is 11.0. The van der Waals surface area contributed by atoms with E-state index in [0.29, 0.717) is 22.3 Å². The molecule has 0 bridgehead atoms. The molecule has 2 heterocycles. The van der Waals surface area contributed by atoms with E-state index in [2.05, 4.69) is 15.0 Å². The van der Waals surface area contributed by atoms with Crippen molar-refractivity contribution >= 4 is 22.9 Å². The van der Waals surface area contributed by atoms with Crippen molar-refractivity contribution in [2.45, 2.75) is 6.42 Å². The van der Waals surface area contributed by atoms with Crippen molar-refractivity contribution in [3.63, 3.8) is 0 Å². The molecular weight excluding hydrogens is 351 g/mol. The van der Waals surface area contributed by atoms with Gasteiger partial charge in [-0.25, -0.2) is 19.3 Å². The number of benzene rings is 2. The van der Waals surface area contributed by atoms with Crippen LogP contribution in [0.25, 0.3) is 33.9 Å². The smallest absolute Gasteiger partial charge is 0.307 e. The maximum Gasteiger partial charge on any atom is 0.307 e. The molecule has 0 saturated heterocycles. The molecule has 0 aliphatic rings. The number of fused-ring (bicyclic) bond motifs is 1. The van der Waals surface area contributed by atoms with Gasteiger partial charge in [0.25, 0.3) is 0 Å². The number of rotatable bonds is 4. The molecule has 2 aromatic carbocycles. The Morgan fingerprint density at radius 2 is 2.04 bits per heavy atom. The summed E-state index contributed by atoms with van der Waals surface area (Å²) in [5.74, 6) is -1.11. The van der Waals surface area contributed by atoms with Crippen molar-refractivity contribution in [3.05, 3.63) is 60.0 Å². The molecule has 0 spiro atoms. The van der Waals surface area contributed by atoms with E-state index >= 15 is 0 Å². The third-order valence-electron chi connectivity index (χ3n) is 3.93. The van der Waals surface area contributed by atoms with E-state index in [1.165, 1.54) is 24.4 Å². The second kappa shape index (κ2) is 6.49. The van der Waals surface area contributed by atoms with E-state index < -0.39 is 11.8 Å². The summed E-state index contributed by atoms with van der Waals surface area (Å²) < 4.78 is 18.9. The lowest BCUT2D eigenvalue weighted by Gasteiger charge is -2.06. The summed E-state index contributed by atoms with van der Waals surface area (Å²) in [5.41, 5.74) is 8.71. The van der Waals surface area contributed by atoms with Gasteiger partial charge in [0, 0.05) is 11.6 Å². The largest absolute Gasteiger partial charge is 0.481 e. The number of aromatic nitrogens is 3. The van der Waals surface area contributed by atoms with Crippen molar-refractivity contribution < 1.29 is 18.7 Å². The highest BCUT2D eigenvalue weighted by atomic mass is 19.1. The summed E-state index contributed by atoms with van der Waals surface area (Å²) in [6, 6.07) is 11.0. The first kappa shape index (κ1) is 16.6. The third kappa shape index (κ3) is 3.32. The lowest BCUT2D eigenvalue weighted by atomic mass is 10.1. The van der Waals surface area contributed by atoms with Gasteiger partial charge in [0.2, 0.25) is 5.89 Å². The van der Waals surface area contributed by atoms with Crippen LogP contribution in [0, 0.1) is 5.82 Å². The Hall–Kier alpha value is -3.81. The molecule has 3 N–H and O–H groups in total. The molecule has 0 aliphatic carbocycles. The van der Waals surface area contributed by atoms with Crippen LogP contribution in [0.5, 0.6) is 0 Å².